The normalized spacial score (nSPS) is 10.7. The fourth-order valence-corrected chi connectivity index (χ4v) is 2.35. The summed E-state index contributed by atoms with van der Waals surface area (Å²) in [5.74, 6) is 0.399. The van der Waals surface area contributed by atoms with Crippen LogP contribution in [-0.2, 0) is 5.41 Å². The van der Waals surface area contributed by atoms with E-state index in [0.29, 0.717) is 11.2 Å². The molecule has 0 fully saturated rings. The number of phenols is 1. The zero-order valence-electron chi connectivity index (χ0n) is 12.3. The van der Waals surface area contributed by atoms with E-state index in [1.54, 1.807) is 0 Å². The Balaban J connectivity index is 0.00000121. The molecule has 0 amide bonds. The van der Waals surface area contributed by atoms with Crippen LogP contribution in [0.25, 0.3) is 0 Å². The van der Waals surface area contributed by atoms with Gasteiger partial charge in [0.1, 0.15) is 5.75 Å². The molecule has 0 spiro atoms. The average molecular weight is 236 g/mol. The molecule has 0 unspecified atom stereocenters. The van der Waals surface area contributed by atoms with Crippen molar-refractivity contribution in [3.05, 3.63) is 29.3 Å². The van der Waals surface area contributed by atoms with E-state index in [1.807, 2.05) is 26.8 Å². The number of phenolic OH excluding ortho intramolecular Hbond substituents is 1. The van der Waals surface area contributed by atoms with Crippen LogP contribution in [0, 0.1) is 6.92 Å². The topological polar surface area (TPSA) is 20.2 Å². The van der Waals surface area contributed by atoms with Gasteiger partial charge < -0.3 is 5.11 Å². The molecule has 1 heteroatoms. The van der Waals surface area contributed by atoms with Gasteiger partial charge in [0.15, 0.2) is 0 Å². The third-order valence-electron chi connectivity index (χ3n) is 3.84. The van der Waals surface area contributed by atoms with E-state index in [2.05, 4.69) is 32.9 Å². The first-order valence-electron chi connectivity index (χ1n) is 6.89. The van der Waals surface area contributed by atoms with Crippen LogP contribution in [0.2, 0.25) is 0 Å². The van der Waals surface area contributed by atoms with Crippen LogP contribution in [-0.4, -0.2) is 5.11 Å². The van der Waals surface area contributed by atoms with Gasteiger partial charge in [0.2, 0.25) is 0 Å². The molecule has 1 N–H and O–H groups in total. The molecule has 0 aliphatic rings. The van der Waals surface area contributed by atoms with Gasteiger partial charge in [0.25, 0.3) is 0 Å². The fraction of sp³-hybridized carbons (Fsp3) is 0.625. The van der Waals surface area contributed by atoms with Crippen molar-refractivity contribution >= 4 is 0 Å². The quantitative estimate of drug-likeness (QED) is 0.762. The molecule has 0 radical (unpaired) electrons. The van der Waals surface area contributed by atoms with Crippen LogP contribution < -0.4 is 0 Å². The van der Waals surface area contributed by atoms with E-state index in [9.17, 15) is 5.11 Å². The van der Waals surface area contributed by atoms with Gasteiger partial charge in [-0.15, -0.1) is 0 Å². The van der Waals surface area contributed by atoms with Crippen molar-refractivity contribution in [2.45, 2.75) is 66.2 Å². The molecule has 0 heterocycles. The van der Waals surface area contributed by atoms with Crippen LogP contribution in [0.5, 0.6) is 5.75 Å². The lowest BCUT2D eigenvalue weighted by molar-refractivity contribution is 0.380. The summed E-state index contributed by atoms with van der Waals surface area (Å²) in [5.41, 5.74) is 2.64. The lowest BCUT2D eigenvalue weighted by Crippen LogP contribution is -2.23. The van der Waals surface area contributed by atoms with E-state index >= 15 is 0 Å². The predicted molar refractivity (Wildman–Crippen MR) is 76.7 cm³/mol. The summed E-state index contributed by atoms with van der Waals surface area (Å²) in [6.45, 7) is 12.7. The van der Waals surface area contributed by atoms with Gasteiger partial charge in [-0.1, -0.05) is 46.8 Å². The van der Waals surface area contributed by atoms with Crippen molar-refractivity contribution < 1.29 is 5.11 Å². The van der Waals surface area contributed by atoms with E-state index in [1.165, 1.54) is 5.56 Å². The number of hydrogen-bond acceptors (Lipinski definition) is 1. The molecule has 0 aliphatic heterocycles. The highest BCUT2D eigenvalue weighted by Gasteiger charge is 2.26. The summed E-state index contributed by atoms with van der Waals surface area (Å²) >= 11 is 0. The summed E-state index contributed by atoms with van der Waals surface area (Å²) < 4.78 is 0. The fourth-order valence-electron chi connectivity index (χ4n) is 2.35. The minimum atomic E-state index is 0.290. The highest BCUT2D eigenvalue weighted by Crippen LogP contribution is 2.36. The van der Waals surface area contributed by atoms with Crippen LogP contribution in [0.1, 0.15) is 65.0 Å². The minimum absolute atomic E-state index is 0.290. The van der Waals surface area contributed by atoms with Crippen molar-refractivity contribution in [1.29, 1.82) is 0 Å². The van der Waals surface area contributed by atoms with Crippen LogP contribution in [0.4, 0.5) is 0 Å². The van der Waals surface area contributed by atoms with Crippen molar-refractivity contribution in [2.24, 2.45) is 0 Å². The number of benzene rings is 1. The van der Waals surface area contributed by atoms with Gasteiger partial charge in [-0.05, 0) is 48.8 Å². The molecule has 0 saturated heterocycles. The highest BCUT2D eigenvalue weighted by molar-refractivity contribution is 5.38. The average Bonchev–Trinajstić information content (AvgIpc) is 2.39. The Morgan fingerprint density at radius 2 is 1.47 bits per heavy atom. The molecule has 17 heavy (non-hydrogen) atoms. The summed E-state index contributed by atoms with van der Waals surface area (Å²) in [6.07, 6.45) is 3.47. The predicted octanol–water partition coefficient (Wildman–Crippen LogP) is 5.19. The summed E-state index contributed by atoms with van der Waals surface area (Å²) in [4.78, 5) is 0. The number of aryl methyl sites for hydroxylation is 1. The third kappa shape index (κ3) is 3.49. The van der Waals surface area contributed by atoms with Gasteiger partial charge in [-0.25, -0.2) is 0 Å². The standard InChI is InChI=1S/C14H22O.C2H6/c1-5-14(6-2,7-3)12-8-9-13(15)11(4)10-12;1-2/h8-10,15H,5-7H2,1-4H3;1-2H3. The minimum Gasteiger partial charge on any atom is -0.508 e. The van der Waals surface area contributed by atoms with Crippen LogP contribution in [0.15, 0.2) is 18.2 Å². The first kappa shape index (κ1) is 16.0. The maximum Gasteiger partial charge on any atom is 0.118 e. The molecule has 1 rings (SSSR count). The maximum absolute atomic E-state index is 9.53. The lowest BCUT2D eigenvalue weighted by Gasteiger charge is -2.31. The Kier molecular flexibility index (Phi) is 6.94. The molecule has 0 aromatic heterocycles. The number of hydrogen-bond donors (Lipinski definition) is 1. The third-order valence-corrected chi connectivity index (χ3v) is 3.84. The Morgan fingerprint density at radius 1 is 1.00 bits per heavy atom. The monoisotopic (exact) mass is 236 g/mol. The molecular weight excluding hydrogens is 208 g/mol. The van der Waals surface area contributed by atoms with Gasteiger partial charge in [0, 0.05) is 0 Å². The maximum atomic E-state index is 9.53. The molecule has 1 nitrogen and oxygen atoms in total. The van der Waals surface area contributed by atoms with E-state index < -0.39 is 0 Å². The molecular formula is C16H28O. The SMILES string of the molecule is CC.CCC(CC)(CC)c1ccc(O)c(C)c1. The Bertz CT molecular complexity index is 316. The summed E-state index contributed by atoms with van der Waals surface area (Å²) in [7, 11) is 0. The van der Waals surface area contributed by atoms with Crippen molar-refractivity contribution in [3.63, 3.8) is 0 Å². The first-order valence-corrected chi connectivity index (χ1v) is 6.89. The first-order chi connectivity index (χ1) is 8.09. The van der Waals surface area contributed by atoms with E-state index in [0.717, 1.165) is 24.8 Å². The number of rotatable bonds is 4. The van der Waals surface area contributed by atoms with Crippen LogP contribution >= 0.6 is 0 Å². The second-order valence-corrected chi connectivity index (χ2v) is 4.34. The Hall–Kier alpha value is -0.980. The second kappa shape index (κ2) is 7.37. The number of aromatic hydroxyl groups is 1. The highest BCUT2D eigenvalue weighted by atomic mass is 16.3. The van der Waals surface area contributed by atoms with Gasteiger partial charge >= 0.3 is 0 Å². The zero-order valence-corrected chi connectivity index (χ0v) is 12.3. The second-order valence-electron chi connectivity index (χ2n) is 4.34. The summed E-state index contributed by atoms with van der Waals surface area (Å²) in [6, 6.07) is 6.02. The van der Waals surface area contributed by atoms with Crippen molar-refractivity contribution in [3.8, 4) is 5.75 Å². The molecule has 0 aliphatic carbocycles. The molecule has 0 atom stereocenters. The smallest absolute Gasteiger partial charge is 0.118 e. The molecule has 1 aromatic rings. The van der Waals surface area contributed by atoms with Crippen molar-refractivity contribution in [2.75, 3.05) is 0 Å². The molecule has 1 aromatic carbocycles. The Labute approximate surface area is 107 Å². The zero-order chi connectivity index (χ0) is 13.5. The molecule has 0 saturated carbocycles. The lowest BCUT2D eigenvalue weighted by atomic mass is 9.73. The van der Waals surface area contributed by atoms with Gasteiger partial charge in [-0.3, -0.25) is 0 Å². The molecule has 98 valence electrons. The summed E-state index contributed by atoms with van der Waals surface area (Å²) in [5, 5.41) is 9.53. The van der Waals surface area contributed by atoms with E-state index in [-0.39, 0.29) is 0 Å². The van der Waals surface area contributed by atoms with Gasteiger partial charge in [0.05, 0.1) is 0 Å². The van der Waals surface area contributed by atoms with Crippen molar-refractivity contribution in [1.82, 2.24) is 0 Å². The van der Waals surface area contributed by atoms with Crippen LogP contribution in [0.3, 0.4) is 0 Å². The van der Waals surface area contributed by atoms with E-state index in [4.69, 9.17) is 0 Å². The largest absolute Gasteiger partial charge is 0.508 e. The molecule has 0 bridgehead atoms. The Morgan fingerprint density at radius 3 is 1.82 bits per heavy atom. The van der Waals surface area contributed by atoms with Gasteiger partial charge in [-0.2, -0.15) is 0 Å².